The van der Waals surface area contributed by atoms with E-state index in [1.165, 1.54) is 18.4 Å². The van der Waals surface area contributed by atoms with Crippen LogP contribution in [0.2, 0.25) is 0 Å². The van der Waals surface area contributed by atoms with Crippen molar-refractivity contribution in [1.82, 2.24) is 4.90 Å². The Labute approximate surface area is 131 Å². The van der Waals surface area contributed by atoms with Gasteiger partial charge in [-0.2, -0.15) is 0 Å². The normalized spacial score (nSPS) is 11.9. The fourth-order valence-electron chi connectivity index (χ4n) is 2.55. The zero-order chi connectivity index (χ0) is 16.0. The summed E-state index contributed by atoms with van der Waals surface area (Å²) >= 11 is 0. The highest BCUT2D eigenvalue weighted by atomic mass is 16.3. The average molecular weight is 291 g/mol. The summed E-state index contributed by atoms with van der Waals surface area (Å²) in [6, 6.07) is 4.25. The number of benzene rings is 1. The molecule has 1 aromatic carbocycles. The van der Waals surface area contributed by atoms with Gasteiger partial charge in [0.2, 0.25) is 0 Å². The van der Waals surface area contributed by atoms with E-state index < -0.39 is 0 Å². The van der Waals surface area contributed by atoms with Crippen molar-refractivity contribution in [2.24, 2.45) is 11.8 Å². The molecule has 1 rings (SSSR count). The number of phenolic OH excluding ortho intramolecular Hbond substituents is 1. The molecule has 0 aliphatic carbocycles. The summed E-state index contributed by atoms with van der Waals surface area (Å²) in [4.78, 5) is 2.56. The van der Waals surface area contributed by atoms with E-state index in [0.717, 1.165) is 42.6 Å². The highest BCUT2D eigenvalue weighted by Gasteiger charge is 2.10. The third kappa shape index (κ3) is 6.52. The van der Waals surface area contributed by atoms with Gasteiger partial charge in [0.25, 0.3) is 0 Å². The molecule has 21 heavy (non-hydrogen) atoms. The van der Waals surface area contributed by atoms with Gasteiger partial charge in [0, 0.05) is 6.54 Å². The molecule has 0 spiro atoms. The lowest BCUT2D eigenvalue weighted by Crippen LogP contribution is -2.27. The number of hydrogen-bond donors (Lipinski definition) is 1. The van der Waals surface area contributed by atoms with Crippen LogP contribution in [0.15, 0.2) is 12.1 Å². The molecule has 0 bridgehead atoms. The topological polar surface area (TPSA) is 23.5 Å². The number of aromatic hydroxyl groups is 1. The summed E-state index contributed by atoms with van der Waals surface area (Å²) in [7, 11) is 0. The lowest BCUT2D eigenvalue weighted by atomic mass is 10.0. The zero-order valence-electron chi connectivity index (χ0n) is 14.7. The van der Waals surface area contributed by atoms with E-state index in [9.17, 15) is 5.11 Å². The Bertz CT molecular complexity index is 402. The zero-order valence-corrected chi connectivity index (χ0v) is 14.7. The summed E-state index contributed by atoms with van der Waals surface area (Å²) in [5.74, 6) is 1.93. The molecule has 0 fully saturated rings. The molecule has 0 heterocycles. The maximum Gasteiger partial charge on any atom is 0.121 e. The molecule has 0 aliphatic heterocycles. The van der Waals surface area contributed by atoms with Gasteiger partial charge in [0.15, 0.2) is 0 Å². The third-order valence-corrected chi connectivity index (χ3v) is 4.00. The van der Waals surface area contributed by atoms with Gasteiger partial charge in [-0.25, -0.2) is 0 Å². The van der Waals surface area contributed by atoms with Crippen LogP contribution in [0, 0.1) is 25.7 Å². The molecule has 1 aromatic rings. The van der Waals surface area contributed by atoms with Crippen molar-refractivity contribution in [2.45, 2.75) is 60.9 Å². The number of nitrogens with zero attached hydrogens (tertiary/aromatic N) is 1. The van der Waals surface area contributed by atoms with Crippen LogP contribution in [0.5, 0.6) is 5.75 Å². The van der Waals surface area contributed by atoms with Gasteiger partial charge in [-0.15, -0.1) is 0 Å². The molecule has 0 saturated carbocycles. The van der Waals surface area contributed by atoms with Crippen LogP contribution in [-0.2, 0) is 6.54 Å². The molecule has 0 amide bonds. The first-order chi connectivity index (χ1) is 9.79. The fourth-order valence-corrected chi connectivity index (χ4v) is 2.55. The second-order valence-corrected chi connectivity index (χ2v) is 7.22. The summed E-state index contributed by atoms with van der Waals surface area (Å²) in [6.07, 6.45) is 2.49. The van der Waals surface area contributed by atoms with E-state index in [4.69, 9.17) is 0 Å². The van der Waals surface area contributed by atoms with Crippen molar-refractivity contribution < 1.29 is 5.11 Å². The minimum Gasteiger partial charge on any atom is -0.507 e. The van der Waals surface area contributed by atoms with Crippen LogP contribution in [-0.4, -0.2) is 23.1 Å². The maximum absolute atomic E-state index is 9.90. The Morgan fingerprint density at radius 1 is 0.905 bits per heavy atom. The van der Waals surface area contributed by atoms with Gasteiger partial charge in [-0.05, 0) is 68.3 Å². The number of aryl methyl sites for hydroxylation is 2. The average Bonchev–Trinajstić information content (AvgIpc) is 2.38. The Kier molecular flexibility index (Phi) is 7.24. The molecular weight excluding hydrogens is 258 g/mol. The van der Waals surface area contributed by atoms with Crippen molar-refractivity contribution in [3.63, 3.8) is 0 Å². The van der Waals surface area contributed by atoms with Crippen molar-refractivity contribution in [2.75, 3.05) is 13.1 Å². The van der Waals surface area contributed by atoms with E-state index in [-0.39, 0.29) is 0 Å². The van der Waals surface area contributed by atoms with E-state index in [1.54, 1.807) is 0 Å². The minimum absolute atomic E-state index is 0.440. The van der Waals surface area contributed by atoms with Crippen LogP contribution in [0.3, 0.4) is 0 Å². The SMILES string of the molecule is Cc1cc(CN(CCC(C)C)CCC(C)C)cc(C)c1O. The summed E-state index contributed by atoms with van der Waals surface area (Å²) in [5.41, 5.74) is 3.28. The van der Waals surface area contributed by atoms with Gasteiger partial charge in [0.05, 0.1) is 0 Å². The molecule has 2 heteroatoms. The van der Waals surface area contributed by atoms with Crippen molar-refractivity contribution in [3.8, 4) is 5.75 Å². The molecule has 0 unspecified atom stereocenters. The lowest BCUT2D eigenvalue weighted by molar-refractivity contribution is 0.235. The molecule has 2 nitrogen and oxygen atoms in total. The van der Waals surface area contributed by atoms with Crippen LogP contribution < -0.4 is 0 Å². The van der Waals surface area contributed by atoms with Crippen molar-refractivity contribution in [1.29, 1.82) is 0 Å². The predicted molar refractivity (Wildman–Crippen MR) is 91.8 cm³/mol. The summed E-state index contributed by atoms with van der Waals surface area (Å²) in [6.45, 7) is 16.4. The number of phenols is 1. The van der Waals surface area contributed by atoms with E-state index in [2.05, 4.69) is 44.7 Å². The largest absolute Gasteiger partial charge is 0.507 e. The monoisotopic (exact) mass is 291 g/mol. The van der Waals surface area contributed by atoms with Gasteiger partial charge in [-0.1, -0.05) is 39.8 Å². The summed E-state index contributed by atoms with van der Waals surface area (Å²) in [5, 5.41) is 9.90. The van der Waals surface area contributed by atoms with E-state index in [0.29, 0.717) is 5.75 Å². The van der Waals surface area contributed by atoms with Crippen molar-refractivity contribution in [3.05, 3.63) is 28.8 Å². The summed E-state index contributed by atoms with van der Waals surface area (Å²) < 4.78 is 0. The lowest BCUT2D eigenvalue weighted by Gasteiger charge is -2.24. The predicted octanol–water partition coefficient (Wildman–Crippen LogP) is 4.90. The molecule has 0 aliphatic rings. The van der Waals surface area contributed by atoms with Gasteiger partial charge in [0.1, 0.15) is 5.75 Å². The van der Waals surface area contributed by atoms with Gasteiger partial charge in [-0.3, -0.25) is 4.90 Å². The molecule has 0 aromatic heterocycles. The fraction of sp³-hybridized carbons (Fsp3) is 0.684. The minimum atomic E-state index is 0.440. The second kappa shape index (κ2) is 8.43. The van der Waals surface area contributed by atoms with E-state index >= 15 is 0 Å². The maximum atomic E-state index is 9.90. The van der Waals surface area contributed by atoms with Gasteiger partial charge < -0.3 is 5.11 Å². The molecule has 120 valence electrons. The van der Waals surface area contributed by atoms with E-state index in [1.807, 2.05) is 13.8 Å². The Morgan fingerprint density at radius 2 is 1.33 bits per heavy atom. The molecule has 1 N–H and O–H groups in total. The third-order valence-electron chi connectivity index (χ3n) is 4.00. The van der Waals surface area contributed by atoms with Crippen LogP contribution in [0.25, 0.3) is 0 Å². The number of hydrogen-bond acceptors (Lipinski definition) is 2. The smallest absolute Gasteiger partial charge is 0.121 e. The first-order valence-electron chi connectivity index (χ1n) is 8.31. The highest BCUT2D eigenvalue weighted by molar-refractivity contribution is 5.42. The first kappa shape index (κ1) is 18.0. The first-order valence-corrected chi connectivity index (χ1v) is 8.31. The highest BCUT2D eigenvalue weighted by Crippen LogP contribution is 2.24. The van der Waals surface area contributed by atoms with Crippen LogP contribution in [0.4, 0.5) is 0 Å². The standard InChI is InChI=1S/C19H33NO/c1-14(2)7-9-20(10-8-15(3)4)13-18-11-16(5)19(21)17(6)12-18/h11-12,14-15,21H,7-10,13H2,1-6H3. The number of rotatable bonds is 8. The van der Waals surface area contributed by atoms with Crippen LogP contribution >= 0.6 is 0 Å². The Morgan fingerprint density at radius 3 is 1.71 bits per heavy atom. The van der Waals surface area contributed by atoms with Crippen molar-refractivity contribution >= 4 is 0 Å². The van der Waals surface area contributed by atoms with Crippen LogP contribution in [0.1, 0.15) is 57.2 Å². The van der Waals surface area contributed by atoms with Gasteiger partial charge >= 0.3 is 0 Å². The molecule has 0 atom stereocenters. The molecular formula is C19H33NO. The Balaban J connectivity index is 2.74. The quantitative estimate of drug-likeness (QED) is 0.736. The second-order valence-electron chi connectivity index (χ2n) is 7.22. The Hall–Kier alpha value is -1.02. The molecule has 0 radical (unpaired) electrons. The molecule has 0 saturated heterocycles.